The predicted octanol–water partition coefficient (Wildman–Crippen LogP) is 2.74. The Morgan fingerprint density at radius 3 is 2.56 bits per heavy atom. The molecule has 0 amide bonds. The zero-order valence-corrected chi connectivity index (χ0v) is 19.3. The maximum absolute atomic E-state index is 13.3. The fourth-order valence-electron chi connectivity index (χ4n) is 4.82. The van der Waals surface area contributed by atoms with Gasteiger partial charge < -0.3 is 15.3 Å². The number of fused-ring (bicyclic) bond motifs is 1. The van der Waals surface area contributed by atoms with E-state index in [1.807, 2.05) is 0 Å². The molecule has 10 heteroatoms. The molecule has 8 nitrogen and oxygen atoms in total. The largest absolute Gasteiger partial charge is 0.394 e. The van der Waals surface area contributed by atoms with Crippen molar-refractivity contribution in [2.75, 3.05) is 29.9 Å². The highest BCUT2D eigenvalue weighted by Gasteiger charge is 2.56. The quantitative estimate of drug-likeness (QED) is 0.684. The molecule has 32 heavy (non-hydrogen) atoms. The number of aromatic nitrogens is 4. The first-order valence-electron chi connectivity index (χ1n) is 11.1. The summed E-state index contributed by atoms with van der Waals surface area (Å²) in [6, 6.07) is 0. The minimum Gasteiger partial charge on any atom is -0.394 e. The summed E-state index contributed by atoms with van der Waals surface area (Å²) < 4.78 is 13.1. The van der Waals surface area contributed by atoms with Crippen molar-refractivity contribution in [1.82, 2.24) is 19.9 Å². The molecule has 2 aliphatic carbocycles. The van der Waals surface area contributed by atoms with E-state index in [0.717, 1.165) is 67.7 Å². The average molecular weight is 473 g/mol. The number of aliphatic hydroxyl groups is 1. The second-order valence-corrected chi connectivity index (χ2v) is 11.6. The number of aliphatic hydroxyl groups excluding tert-OH is 1. The molecular weight excluding hydrogens is 448 g/mol. The molecule has 168 valence electrons. The van der Waals surface area contributed by atoms with Gasteiger partial charge in [-0.25, -0.2) is 15.0 Å². The van der Waals surface area contributed by atoms with Crippen LogP contribution in [0.1, 0.15) is 50.0 Å². The number of hydrogen-bond acceptors (Lipinski definition) is 8. The third kappa shape index (κ3) is 3.33. The summed E-state index contributed by atoms with van der Waals surface area (Å²) in [5.74, 6) is 2.00. The van der Waals surface area contributed by atoms with E-state index in [-0.39, 0.29) is 16.9 Å². The summed E-state index contributed by atoms with van der Waals surface area (Å²) in [4.78, 5) is 21.3. The van der Waals surface area contributed by atoms with Gasteiger partial charge >= 0.3 is 0 Å². The van der Waals surface area contributed by atoms with Crippen LogP contribution in [0.15, 0.2) is 23.4 Å². The molecule has 0 aromatic carbocycles. The highest BCUT2D eigenvalue weighted by Crippen LogP contribution is 2.54. The van der Waals surface area contributed by atoms with Gasteiger partial charge in [-0.3, -0.25) is 4.21 Å². The number of halogens is 1. The summed E-state index contributed by atoms with van der Waals surface area (Å²) in [6.45, 7) is 1.45. The standard InChI is InChI=1S/C22H25ClN6O2S/c23-15-11-24-18(25-12-15)14-2-8-29(9-3-14)20-26-16-10-22(6-7-22)32(31)17(16)19(27-20)28-21(13-30)4-1-5-21/h2,11-12,30H,1,3-10,13H2,(H,26,27,28). The molecule has 1 atom stereocenters. The van der Waals surface area contributed by atoms with Gasteiger partial charge in [0.05, 0.1) is 38.4 Å². The lowest BCUT2D eigenvalue weighted by Crippen LogP contribution is -2.48. The Bertz CT molecular complexity index is 1120. The number of hydrogen-bond donors (Lipinski definition) is 2. The third-order valence-corrected chi connectivity index (χ3v) is 9.53. The monoisotopic (exact) mass is 472 g/mol. The molecule has 4 aliphatic rings. The van der Waals surface area contributed by atoms with Crippen LogP contribution in [0, 0.1) is 0 Å². The van der Waals surface area contributed by atoms with Gasteiger partial charge in [0.25, 0.3) is 0 Å². The van der Waals surface area contributed by atoms with Crippen LogP contribution >= 0.6 is 11.6 Å². The van der Waals surface area contributed by atoms with Gasteiger partial charge in [0.15, 0.2) is 5.82 Å². The summed E-state index contributed by atoms with van der Waals surface area (Å²) in [6.07, 6.45) is 11.7. The number of rotatable bonds is 5. The summed E-state index contributed by atoms with van der Waals surface area (Å²) in [5.41, 5.74) is 1.63. The Hall–Kier alpha value is -2.10. The van der Waals surface area contributed by atoms with E-state index in [0.29, 0.717) is 29.2 Å². The van der Waals surface area contributed by atoms with Crippen molar-refractivity contribution in [2.24, 2.45) is 0 Å². The molecule has 2 aromatic rings. The van der Waals surface area contributed by atoms with E-state index in [9.17, 15) is 9.32 Å². The van der Waals surface area contributed by atoms with Crippen LogP contribution in [-0.4, -0.2) is 59.2 Å². The molecule has 6 rings (SSSR count). The third-order valence-electron chi connectivity index (χ3n) is 7.20. The molecular formula is C22H25ClN6O2S. The van der Waals surface area contributed by atoms with E-state index in [1.165, 1.54) is 0 Å². The van der Waals surface area contributed by atoms with E-state index in [1.54, 1.807) is 12.4 Å². The van der Waals surface area contributed by atoms with Crippen molar-refractivity contribution in [3.05, 3.63) is 35.0 Å². The number of nitrogens with one attached hydrogen (secondary N) is 1. The maximum Gasteiger partial charge on any atom is 0.227 e. The summed E-state index contributed by atoms with van der Waals surface area (Å²) in [7, 11) is -1.10. The fraction of sp³-hybridized carbons (Fsp3) is 0.545. The Balaban J connectivity index is 1.31. The van der Waals surface area contributed by atoms with Gasteiger partial charge in [-0.15, -0.1) is 0 Å². The van der Waals surface area contributed by atoms with Gasteiger partial charge in [-0.1, -0.05) is 17.7 Å². The van der Waals surface area contributed by atoms with Crippen LogP contribution in [-0.2, 0) is 17.2 Å². The molecule has 2 fully saturated rings. The van der Waals surface area contributed by atoms with Crippen LogP contribution in [0.2, 0.25) is 5.02 Å². The minimum atomic E-state index is -1.10. The van der Waals surface area contributed by atoms with Crippen molar-refractivity contribution >= 4 is 39.7 Å². The van der Waals surface area contributed by atoms with E-state index in [4.69, 9.17) is 21.6 Å². The van der Waals surface area contributed by atoms with Crippen LogP contribution in [0.25, 0.3) is 5.57 Å². The molecule has 2 N–H and O–H groups in total. The fourth-order valence-corrected chi connectivity index (χ4v) is 6.70. The lowest BCUT2D eigenvalue weighted by Gasteiger charge is -2.41. The average Bonchev–Trinajstić information content (AvgIpc) is 3.51. The van der Waals surface area contributed by atoms with Gasteiger partial charge in [-0.2, -0.15) is 4.98 Å². The summed E-state index contributed by atoms with van der Waals surface area (Å²) in [5, 5.41) is 14.0. The normalized spacial score (nSPS) is 24.6. The first kappa shape index (κ1) is 20.5. The Morgan fingerprint density at radius 1 is 1.19 bits per heavy atom. The SMILES string of the molecule is O=S1c2c(nc(N3CC=C(c4ncc(Cl)cn4)CC3)nc2NC2(CO)CCC2)CC12CC2. The van der Waals surface area contributed by atoms with Crippen LogP contribution in [0.3, 0.4) is 0 Å². The van der Waals surface area contributed by atoms with Crippen LogP contribution < -0.4 is 10.2 Å². The minimum absolute atomic E-state index is 0.0514. The Morgan fingerprint density at radius 2 is 1.97 bits per heavy atom. The van der Waals surface area contributed by atoms with Gasteiger partial charge in [-0.05, 0) is 44.1 Å². The molecule has 0 radical (unpaired) electrons. The molecule has 0 bridgehead atoms. The number of nitrogens with zero attached hydrogens (tertiary/aromatic N) is 5. The molecule has 4 heterocycles. The molecule has 2 saturated carbocycles. The first-order chi connectivity index (χ1) is 15.5. The topological polar surface area (TPSA) is 104 Å². The van der Waals surface area contributed by atoms with Crippen molar-refractivity contribution in [3.63, 3.8) is 0 Å². The van der Waals surface area contributed by atoms with Crippen LogP contribution in [0.4, 0.5) is 11.8 Å². The molecule has 0 saturated heterocycles. The van der Waals surface area contributed by atoms with Crippen LogP contribution in [0.5, 0.6) is 0 Å². The molecule has 2 aromatic heterocycles. The van der Waals surface area contributed by atoms with Gasteiger partial charge in [0, 0.05) is 31.9 Å². The maximum atomic E-state index is 13.3. The Labute approximate surface area is 194 Å². The van der Waals surface area contributed by atoms with E-state index in [2.05, 4.69) is 26.3 Å². The van der Waals surface area contributed by atoms with Gasteiger partial charge in [0.1, 0.15) is 10.7 Å². The van der Waals surface area contributed by atoms with Gasteiger partial charge in [0.2, 0.25) is 5.95 Å². The highest BCUT2D eigenvalue weighted by molar-refractivity contribution is 7.87. The smallest absolute Gasteiger partial charge is 0.227 e. The van der Waals surface area contributed by atoms with E-state index < -0.39 is 10.8 Å². The zero-order valence-electron chi connectivity index (χ0n) is 17.7. The second-order valence-electron chi connectivity index (χ2n) is 9.34. The number of anilines is 2. The molecule has 1 spiro atoms. The van der Waals surface area contributed by atoms with Crippen molar-refractivity contribution < 1.29 is 9.32 Å². The Kier molecular flexibility index (Phi) is 4.78. The van der Waals surface area contributed by atoms with Crippen molar-refractivity contribution in [2.45, 2.75) is 60.1 Å². The summed E-state index contributed by atoms with van der Waals surface area (Å²) >= 11 is 5.91. The lowest BCUT2D eigenvalue weighted by atomic mass is 9.77. The first-order valence-corrected chi connectivity index (χ1v) is 12.7. The second kappa shape index (κ2) is 7.46. The molecule has 2 aliphatic heterocycles. The van der Waals surface area contributed by atoms with Crippen molar-refractivity contribution in [1.29, 1.82) is 0 Å². The lowest BCUT2D eigenvalue weighted by molar-refractivity contribution is 0.143. The molecule has 1 unspecified atom stereocenters. The zero-order chi connectivity index (χ0) is 21.9. The highest BCUT2D eigenvalue weighted by atomic mass is 35.5. The van der Waals surface area contributed by atoms with Crippen molar-refractivity contribution in [3.8, 4) is 0 Å². The predicted molar refractivity (Wildman–Crippen MR) is 123 cm³/mol. The van der Waals surface area contributed by atoms with E-state index >= 15 is 0 Å².